The number of imidazole rings is 1. The lowest BCUT2D eigenvalue weighted by Gasteiger charge is -2.17. The molecule has 0 bridgehead atoms. The molecule has 0 saturated carbocycles. The SMILES string of the molecule is C=C(O/C=C(\C)C#N)c1cc(F)c(-c2nc3cc(C)ccn3c2CC(CC)OCCC)c(F)c1. The van der Waals surface area contributed by atoms with Gasteiger partial charge in [0.2, 0.25) is 0 Å². The van der Waals surface area contributed by atoms with Crippen LogP contribution in [0.2, 0.25) is 0 Å². The number of hydrogen-bond donors (Lipinski definition) is 0. The van der Waals surface area contributed by atoms with Crippen molar-refractivity contribution in [3.05, 3.63) is 77.3 Å². The third-order valence-electron chi connectivity index (χ3n) is 5.47. The predicted octanol–water partition coefficient (Wildman–Crippen LogP) is 6.75. The molecule has 2 heterocycles. The molecule has 0 fully saturated rings. The number of nitriles is 1. The predicted molar refractivity (Wildman–Crippen MR) is 129 cm³/mol. The van der Waals surface area contributed by atoms with E-state index in [0.717, 1.165) is 18.4 Å². The van der Waals surface area contributed by atoms with Crippen molar-refractivity contribution in [2.45, 2.75) is 53.1 Å². The molecule has 0 N–H and O–H groups in total. The third-order valence-corrected chi connectivity index (χ3v) is 5.47. The molecule has 0 aliphatic rings. The van der Waals surface area contributed by atoms with Gasteiger partial charge < -0.3 is 13.9 Å². The van der Waals surface area contributed by atoms with Crippen molar-refractivity contribution in [1.29, 1.82) is 5.26 Å². The van der Waals surface area contributed by atoms with E-state index in [4.69, 9.17) is 14.7 Å². The maximum Gasteiger partial charge on any atom is 0.137 e. The fourth-order valence-electron chi connectivity index (χ4n) is 3.63. The number of hydrogen-bond acceptors (Lipinski definition) is 4. The van der Waals surface area contributed by atoms with Crippen molar-refractivity contribution < 1.29 is 18.3 Å². The maximum atomic E-state index is 15.3. The number of nitrogens with zero attached hydrogens (tertiary/aromatic N) is 3. The van der Waals surface area contributed by atoms with E-state index < -0.39 is 11.6 Å². The summed E-state index contributed by atoms with van der Waals surface area (Å²) in [6, 6.07) is 8.05. The van der Waals surface area contributed by atoms with E-state index in [0.29, 0.717) is 29.9 Å². The van der Waals surface area contributed by atoms with Crippen molar-refractivity contribution in [1.82, 2.24) is 9.38 Å². The van der Waals surface area contributed by atoms with Gasteiger partial charge in [-0.15, -0.1) is 0 Å². The zero-order chi connectivity index (χ0) is 24.8. The summed E-state index contributed by atoms with van der Waals surface area (Å²) in [6.45, 7) is 11.9. The first-order chi connectivity index (χ1) is 16.3. The first-order valence-electron chi connectivity index (χ1n) is 11.3. The molecule has 3 aromatic rings. The van der Waals surface area contributed by atoms with Crippen LogP contribution in [-0.2, 0) is 15.9 Å². The number of aryl methyl sites for hydroxylation is 1. The first kappa shape index (κ1) is 25.1. The summed E-state index contributed by atoms with van der Waals surface area (Å²) < 4.78 is 43.8. The molecule has 1 atom stereocenters. The van der Waals surface area contributed by atoms with Gasteiger partial charge >= 0.3 is 0 Å². The van der Waals surface area contributed by atoms with Gasteiger partial charge in [-0.3, -0.25) is 0 Å². The lowest BCUT2D eigenvalue weighted by molar-refractivity contribution is 0.0508. The molecule has 0 amide bonds. The molecule has 34 heavy (non-hydrogen) atoms. The van der Waals surface area contributed by atoms with Crippen LogP contribution >= 0.6 is 0 Å². The van der Waals surface area contributed by atoms with Gasteiger partial charge in [0, 0.05) is 24.8 Å². The van der Waals surface area contributed by atoms with Crippen LogP contribution in [0.15, 0.2) is 48.9 Å². The minimum absolute atomic E-state index is 0.0313. The zero-order valence-electron chi connectivity index (χ0n) is 20.0. The number of fused-ring (bicyclic) bond motifs is 1. The number of aromatic nitrogens is 2. The van der Waals surface area contributed by atoms with Crippen molar-refractivity contribution in [2.24, 2.45) is 0 Å². The topological polar surface area (TPSA) is 59.5 Å². The lowest BCUT2D eigenvalue weighted by Crippen LogP contribution is -2.17. The minimum atomic E-state index is -0.773. The van der Waals surface area contributed by atoms with Crippen LogP contribution in [-0.4, -0.2) is 22.1 Å². The molecule has 0 spiro atoms. The summed E-state index contributed by atoms with van der Waals surface area (Å²) in [4.78, 5) is 4.61. The van der Waals surface area contributed by atoms with Crippen LogP contribution in [0.4, 0.5) is 8.78 Å². The fourth-order valence-corrected chi connectivity index (χ4v) is 3.63. The number of benzene rings is 1. The van der Waals surface area contributed by atoms with Crippen LogP contribution in [0.1, 0.15) is 50.4 Å². The Morgan fingerprint density at radius 1 is 1.26 bits per heavy atom. The fraction of sp³-hybridized carbons (Fsp3) is 0.333. The Balaban J connectivity index is 2.09. The highest BCUT2D eigenvalue weighted by Gasteiger charge is 2.24. The average molecular weight is 466 g/mol. The van der Waals surface area contributed by atoms with Crippen LogP contribution < -0.4 is 0 Å². The highest BCUT2D eigenvalue weighted by molar-refractivity contribution is 5.71. The number of halogens is 2. The minimum Gasteiger partial charge on any atom is -0.464 e. The number of allylic oxidation sites excluding steroid dienone is 1. The summed E-state index contributed by atoms with van der Waals surface area (Å²) in [5.41, 5.74) is 2.78. The van der Waals surface area contributed by atoms with Crippen LogP contribution in [0, 0.1) is 29.9 Å². The lowest BCUT2D eigenvalue weighted by atomic mass is 10.0. The standard InChI is InChI=1S/C27H29F2N3O2/c1-6-10-33-21(7-2)14-24-27(31-25-11-17(3)8-9-32(24)25)26-22(28)12-20(13-23(26)29)19(5)34-16-18(4)15-30/h8-9,11-13,16,21H,5-7,10,14H2,1-4H3/b18-16+. The molecule has 178 valence electrons. The van der Waals surface area contributed by atoms with Crippen molar-refractivity contribution in [2.75, 3.05) is 6.61 Å². The monoisotopic (exact) mass is 465 g/mol. The van der Waals surface area contributed by atoms with Crippen LogP contribution in [0.5, 0.6) is 0 Å². The molecular formula is C27H29F2N3O2. The van der Waals surface area contributed by atoms with Crippen LogP contribution in [0.3, 0.4) is 0 Å². The molecular weight excluding hydrogens is 436 g/mol. The largest absolute Gasteiger partial charge is 0.464 e. The Kier molecular flexibility index (Phi) is 8.19. The second-order valence-electron chi connectivity index (χ2n) is 8.21. The summed E-state index contributed by atoms with van der Waals surface area (Å²) in [5, 5.41) is 8.83. The molecule has 0 aliphatic carbocycles. The quantitative estimate of drug-likeness (QED) is 0.245. The average Bonchev–Trinajstić information content (AvgIpc) is 3.15. The normalized spacial score (nSPS) is 12.6. The molecule has 1 aromatic carbocycles. The summed E-state index contributed by atoms with van der Waals surface area (Å²) in [6.07, 6.45) is 5.06. The van der Waals surface area contributed by atoms with Gasteiger partial charge in [-0.25, -0.2) is 13.8 Å². The van der Waals surface area contributed by atoms with E-state index in [2.05, 4.69) is 11.6 Å². The van der Waals surface area contributed by atoms with Crippen molar-refractivity contribution >= 4 is 11.4 Å². The Bertz CT molecular complexity index is 1250. The van der Waals surface area contributed by atoms with Gasteiger partial charge in [-0.2, -0.15) is 5.26 Å². The summed E-state index contributed by atoms with van der Waals surface area (Å²) in [7, 11) is 0. The molecule has 0 aliphatic heterocycles. The van der Waals surface area contributed by atoms with E-state index in [1.165, 1.54) is 18.4 Å². The highest BCUT2D eigenvalue weighted by Crippen LogP contribution is 2.33. The molecule has 3 rings (SSSR count). The van der Waals surface area contributed by atoms with E-state index in [-0.39, 0.29) is 28.7 Å². The summed E-state index contributed by atoms with van der Waals surface area (Å²) >= 11 is 0. The Morgan fingerprint density at radius 2 is 1.97 bits per heavy atom. The third kappa shape index (κ3) is 5.52. The smallest absolute Gasteiger partial charge is 0.137 e. The van der Waals surface area contributed by atoms with E-state index in [1.807, 2.05) is 49.6 Å². The van der Waals surface area contributed by atoms with Crippen molar-refractivity contribution in [3.8, 4) is 17.3 Å². The van der Waals surface area contributed by atoms with E-state index >= 15 is 8.78 Å². The Hall–Kier alpha value is -3.50. The van der Waals surface area contributed by atoms with Gasteiger partial charge in [0.15, 0.2) is 0 Å². The molecule has 0 radical (unpaired) electrons. The van der Waals surface area contributed by atoms with Crippen molar-refractivity contribution in [3.63, 3.8) is 0 Å². The summed E-state index contributed by atoms with van der Waals surface area (Å²) in [5.74, 6) is -1.52. The van der Waals surface area contributed by atoms with Gasteiger partial charge in [0.25, 0.3) is 0 Å². The highest BCUT2D eigenvalue weighted by atomic mass is 19.1. The first-order valence-corrected chi connectivity index (χ1v) is 11.3. The molecule has 2 aromatic heterocycles. The second kappa shape index (κ2) is 11.1. The van der Waals surface area contributed by atoms with E-state index in [1.54, 1.807) is 6.92 Å². The van der Waals surface area contributed by atoms with Gasteiger partial charge in [0.05, 0.1) is 34.7 Å². The molecule has 7 heteroatoms. The number of rotatable bonds is 10. The molecule has 1 unspecified atom stereocenters. The molecule has 0 saturated heterocycles. The van der Waals surface area contributed by atoms with E-state index in [9.17, 15) is 0 Å². The van der Waals surface area contributed by atoms with Gasteiger partial charge in [-0.05, 0) is 56.5 Å². The Labute approximate surface area is 199 Å². The number of pyridine rings is 1. The molecule has 5 nitrogen and oxygen atoms in total. The second-order valence-corrected chi connectivity index (χ2v) is 8.21. The zero-order valence-corrected chi connectivity index (χ0v) is 20.0. The van der Waals surface area contributed by atoms with Gasteiger partial charge in [-0.1, -0.05) is 20.4 Å². The van der Waals surface area contributed by atoms with Gasteiger partial charge in [0.1, 0.15) is 29.3 Å². The van der Waals surface area contributed by atoms with Crippen LogP contribution in [0.25, 0.3) is 22.7 Å². The number of ether oxygens (including phenoxy) is 2. The Morgan fingerprint density at radius 3 is 2.59 bits per heavy atom. The maximum absolute atomic E-state index is 15.3.